The fraction of sp³-hybridized carbons (Fsp3) is 0.286. The molecule has 0 aliphatic rings. The maximum Gasteiger partial charge on any atom is 0.106 e. The van der Waals surface area contributed by atoms with Crippen LogP contribution in [0.2, 0.25) is 0 Å². The molecule has 3 heteroatoms. The van der Waals surface area contributed by atoms with E-state index in [4.69, 9.17) is 0 Å². The molecule has 0 fully saturated rings. The molecule has 17 heavy (non-hydrogen) atoms. The predicted molar refractivity (Wildman–Crippen MR) is 66.7 cm³/mol. The zero-order valence-electron chi connectivity index (χ0n) is 10.1. The Labute approximate surface area is 101 Å². The van der Waals surface area contributed by atoms with Gasteiger partial charge in [-0.1, -0.05) is 13.0 Å². The molecule has 3 nitrogen and oxygen atoms in total. The van der Waals surface area contributed by atoms with E-state index in [1.54, 1.807) is 18.6 Å². The van der Waals surface area contributed by atoms with Crippen molar-refractivity contribution >= 4 is 0 Å². The number of pyridine rings is 2. The summed E-state index contributed by atoms with van der Waals surface area (Å²) in [6.45, 7) is 3.99. The van der Waals surface area contributed by atoms with Gasteiger partial charge in [0, 0.05) is 29.8 Å². The summed E-state index contributed by atoms with van der Waals surface area (Å²) in [6.07, 6.45) is 5.47. The lowest BCUT2D eigenvalue weighted by atomic mass is 9.98. The normalized spacial score (nSPS) is 12.4. The zero-order valence-corrected chi connectivity index (χ0v) is 10.1. The lowest BCUT2D eigenvalue weighted by molar-refractivity contribution is 0.218. The van der Waals surface area contributed by atoms with Gasteiger partial charge < -0.3 is 5.11 Å². The Kier molecular flexibility index (Phi) is 3.49. The first-order valence-corrected chi connectivity index (χ1v) is 5.75. The van der Waals surface area contributed by atoms with Crippen molar-refractivity contribution in [2.45, 2.75) is 26.4 Å². The third kappa shape index (κ3) is 2.50. The molecule has 1 atom stereocenters. The van der Waals surface area contributed by atoms with Crippen LogP contribution in [0, 0.1) is 6.92 Å². The second kappa shape index (κ2) is 5.06. The van der Waals surface area contributed by atoms with Crippen molar-refractivity contribution in [1.29, 1.82) is 0 Å². The van der Waals surface area contributed by atoms with Crippen LogP contribution in [-0.2, 0) is 6.42 Å². The van der Waals surface area contributed by atoms with Gasteiger partial charge in [0.2, 0.25) is 0 Å². The van der Waals surface area contributed by atoms with Crippen LogP contribution in [0.3, 0.4) is 0 Å². The molecule has 0 amide bonds. The van der Waals surface area contributed by atoms with Gasteiger partial charge in [-0.15, -0.1) is 0 Å². The van der Waals surface area contributed by atoms with Crippen LogP contribution in [0.5, 0.6) is 0 Å². The molecule has 2 aromatic rings. The summed E-state index contributed by atoms with van der Waals surface area (Å²) in [5, 5.41) is 10.3. The SMILES string of the molecule is CCc1cnccc1C(O)c1ccc(C)nc1. The standard InChI is InChI=1S/C14H16N2O/c1-3-11-8-15-7-6-13(11)14(17)12-5-4-10(2)16-9-12/h4-9,14,17H,3H2,1-2H3. The second-order valence-corrected chi connectivity index (χ2v) is 4.06. The maximum atomic E-state index is 10.3. The van der Waals surface area contributed by atoms with E-state index in [9.17, 15) is 5.11 Å². The molecule has 1 N–H and O–H groups in total. The van der Waals surface area contributed by atoms with Gasteiger partial charge in [0.25, 0.3) is 0 Å². The van der Waals surface area contributed by atoms with E-state index in [2.05, 4.69) is 16.9 Å². The van der Waals surface area contributed by atoms with Gasteiger partial charge in [-0.05, 0) is 36.6 Å². The van der Waals surface area contributed by atoms with E-state index in [1.807, 2.05) is 25.1 Å². The van der Waals surface area contributed by atoms with Crippen molar-refractivity contribution in [3.05, 3.63) is 59.2 Å². The van der Waals surface area contributed by atoms with Crippen molar-refractivity contribution in [1.82, 2.24) is 9.97 Å². The number of nitrogens with zero attached hydrogens (tertiary/aromatic N) is 2. The summed E-state index contributed by atoms with van der Waals surface area (Å²) in [6, 6.07) is 5.68. The van der Waals surface area contributed by atoms with E-state index in [0.29, 0.717) is 0 Å². The van der Waals surface area contributed by atoms with Gasteiger partial charge >= 0.3 is 0 Å². The zero-order chi connectivity index (χ0) is 12.3. The summed E-state index contributed by atoms with van der Waals surface area (Å²) in [5.74, 6) is 0. The van der Waals surface area contributed by atoms with E-state index >= 15 is 0 Å². The molecule has 0 saturated heterocycles. The lowest BCUT2D eigenvalue weighted by Crippen LogP contribution is -2.04. The molecule has 0 bridgehead atoms. The van der Waals surface area contributed by atoms with Gasteiger partial charge in [0.05, 0.1) is 0 Å². The first-order chi connectivity index (χ1) is 8.22. The van der Waals surface area contributed by atoms with Gasteiger partial charge in [-0.3, -0.25) is 9.97 Å². The maximum absolute atomic E-state index is 10.3. The summed E-state index contributed by atoms with van der Waals surface area (Å²) < 4.78 is 0. The van der Waals surface area contributed by atoms with Crippen LogP contribution < -0.4 is 0 Å². The third-order valence-corrected chi connectivity index (χ3v) is 2.87. The van der Waals surface area contributed by atoms with Crippen molar-refractivity contribution in [3.8, 4) is 0 Å². The number of aliphatic hydroxyl groups excluding tert-OH is 1. The molecule has 0 radical (unpaired) electrons. The van der Waals surface area contributed by atoms with E-state index in [-0.39, 0.29) is 0 Å². The molecule has 2 aromatic heterocycles. The van der Waals surface area contributed by atoms with Crippen molar-refractivity contribution in [2.24, 2.45) is 0 Å². The van der Waals surface area contributed by atoms with Crippen molar-refractivity contribution in [3.63, 3.8) is 0 Å². The molecule has 0 aliphatic carbocycles. The highest BCUT2D eigenvalue weighted by Gasteiger charge is 2.13. The van der Waals surface area contributed by atoms with E-state index in [1.165, 1.54) is 0 Å². The monoisotopic (exact) mass is 228 g/mol. The predicted octanol–water partition coefficient (Wildman–Crippen LogP) is 2.43. The highest BCUT2D eigenvalue weighted by atomic mass is 16.3. The Morgan fingerprint density at radius 1 is 1.24 bits per heavy atom. The average Bonchev–Trinajstić information content (AvgIpc) is 2.39. The fourth-order valence-electron chi connectivity index (χ4n) is 1.82. The molecule has 0 aliphatic heterocycles. The topological polar surface area (TPSA) is 46.0 Å². The number of hydrogen-bond donors (Lipinski definition) is 1. The fourth-order valence-corrected chi connectivity index (χ4v) is 1.82. The smallest absolute Gasteiger partial charge is 0.106 e. The van der Waals surface area contributed by atoms with Crippen molar-refractivity contribution < 1.29 is 5.11 Å². The number of rotatable bonds is 3. The van der Waals surface area contributed by atoms with Crippen molar-refractivity contribution in [2.75, 3.05) is 0 Å². The molecular weight excluding hydrogens is 212 g/mol. The van der Waals surface area contributed by atoms with Gasteiger partial charge in [-0.25, -0.2) is 0 Å². The van der Waals surface area contributed by atoms with Crippen LogP contribution in [0.25, 0.3) is 0 Å². The molecule has 0 aromatic carbocycles. The third-order valence-electron chi connectivity index (χ3n) is 2.87. The first kappa shape index (κ1) is 11.7. The summed E-state index contributed by atoms with van der Waals surface area (Å²) in [5.41, 5.74) is 3.75. The van der Waals surface area contributed by atoms with E-state index in [0.717, 1.165) is 28.8 Å². The highest BCUT2D eigenvalue weighted by molar-refractivity contribution is 5.33. The number of aromatic nitrogens is 2. The average molecular weight is 228 g/mol. The molecule has 0 saturated carbocycles. The number of aliphatic hydroxyl groups is 1. The van der Waals surface area contributed by atoms with Gasteiger partial charge in [0.15, 0.2) is 0 Å². The van der Waals surface area contributed by atoms with Gasteiger partial charge in [-0.2, -0.15) is 0 Å². The minimum absolute atomic E-state index is 0.624. The summed E-state index contributed by atoms with van der Waals surface area (Å²) in [7, 11) is 0. The van der Waals surface area contributed by atoms with Crippen LogP contribution in [0.15, 0.2) is 36.8 Å². The molecular formula is C14H16N2O. The molecule has 88 valence electrons. The first-order valence-electron chi connectivity index (χ1n) is 5.75. The van der Waals surface area contributed by atoms with E-state index < -0.39 is 6.10 Å². The largest absolute Gasteiger partial charge is 0.384 e. The molecule has 2 rings (SSSR count). The Hall–Kier alpha value is -1.74. The quantitative estimate of drug-likeness (QED) is 0.877. The molecule has 0 spiro atoms. The van der Waals surface area contributed by atoms with Gasteiger partial charge in [0.1, 0.15) is 6.10 Å². The van der Waals surface area contributed by atoms with Crippen LogP contribution in [0.1, 0.15) is 35.4 Å². The Balaban J connectivity index is 2.36. The Bertz CT molecular complexity index is 494. The number of hydrogen-bond acceptors (Lipinski definition) is 3. The minimum atomic E-state index is -0.624. The molecule has 2 heterocycles. The highest BCUT2D eigenvalue weighted by Crippen LogP contribution is 2.24. The molecule has 1 unspecified atom stereocenters. The summed E-state index contributed by atoms with van der Waals surface area (Å²) in [4.78, 5) is 8.29. The van der Waals surface area contributed by atoms with Crippen LogP contribution >= 0.6 is 0 Å². The van der Waals surface area contributed by atoms with Crippen LogP contribution in [0.4, 0.5) is 0 Å². The second-order valence-electron chi connectivity index (χ2n) is 4.06. The Morgan fingerprint density at radius 3 is 2.71 bits per heavy atom. The Morgan fingerprint density at radius 2 is 2.06 bits per heavy atom. The number of aryl methyl sites for hydroxylation is 2. The lowest BCUT2D eigenvalue weighted by Gasteiger charge is -2.14. The summed E-state index contributed by atoms with van der Waals surface area (Å²) >= 11 is 0. The van der Waals surface area contributed by atoms with Crippen LogP contribution in [-0.4, -0.2) is 15.1 Å². The minimum Gasteiger partial charge on any atom is -0.384 e.